The van der Waals surface area contributed by atoms with Crippen molar-refractivity contribution in [1.29, 1.82) is 0 Å². The minimum atomic E-state index is -0.571. The third kappa shape index (κ3) is 9.01. The number of amides is 2. The van der Waals surface area contributed by atoms with Crippen LogP contribution in [-0.2, 0) is 9.59 Å². The van der Waals surface area contributed by atoms with E-state index in [1.54, 1.807) is 0 Å². The lowest BCUT2D eigenvalue weighted by Crippen LogP contribution is -2.45. The summed E-state index contributed by atoms with van der Waals surface area (Å²) in [5, 5.41) is 5.82. The Labute approximate surface area is 146 Å². The van der Waals surface area contributed by atoms with E-state index < -0.39 is 6.03 Å². The van der Waals surface area contributed by atoms with Gasteiger partial charge in [-0.2, -0.15) is 0 Å². The molecule has 0 saturated heterocycles. The van der Waals surface area contributed by atoms with E-state index in [1.807, 2.05) is 41.5 Å². The van der Waals surface area contributed by atoms with Gasteiger partial charge in [-0.1, -0.05) is 41.5 Å². The number of carbonyl (C=O) groups excluding carboxylic acids is 3. The normalized spacial score (nSPS) is 14.0. The number of hydrogen-bond donors (Lipinski definition) is 3. The molecule has 0 radical (unpaired) electrons. The highest BCUT2D eigenvalue weighted by molar-refractivity contribution is 5.91. The number of nitrogens with one attached hydrogen (secondary N) is 2. The molecule has 0 rings (SSSR count). The van der Waals surface area contributed by atoms with Crippen molar-refractivity contribution in [2.75, 3.05) is 6.54 Å². The number of primary amides is 1. The summed E-state index contributed by atoms with van der Waals surface area (Å²) in [7, 11) is 0. The minimum absolute atomic E-state index is 0.0839. The lowest BCUT2D eigenvalue weighted by Gasteiger charge is -2.26. The molecule has 24 heavy (non-hydrogen) atoms. The van der Waals surface area contributed by atoms with Crippen molar-refractivity contribution < 1.29 is 14.4 Å². The molecular weight excluding hydrogens is 306 g/mol. The number of nitrogens with two attached hydrogens (primary N) is 1. The van der Waals surface area contributed by atoms with Crippen molar-refractivity contribution in [3.63, 3.8) is 0 Å². The van der Waals surface area contributed by atoms with Gasteiger partial charge >= 0.3 is 6.03 Å². The summed E-state index contributed by atoms with van der Waals surface area (Å²) in [5.74, 6) is -0.0499. The molecule has 0 saturated carbocycles. The molecule has 2 amide bonds. The third-order valence-corrected chi connectivity index (χ3v) is 3.97. The molecule has 6 heteroatoms. The zero-order valence-electron chi connectivity index (χ0n) is 16.0. The second-order valence-electron chi connectivity index (χ2n) is 7.40. The number of Topliss-reactive ketones (excluding diaryl/α,β-unsaturated/α-hetero) is 2. The van der Waals surface area contributed by atoms with E-state index in [0.29, 0.717) is 19.4 Å². The summed E-state index contributed by atoms with van der Waals surface area (Å²) in [4.78, 5) is 35.8. The smallest absolute Gasteiger partial charge is 0.312 e. The van der Waals surface area contributed by atoms with Crippen LogP contribution in [0.4, 0.5) is 4.79 Å². The molecule has 0 aliphatic heterocycles. The Kier molecular flexibility index (Phi) is 10.5. The van der Waals surface area contributed by atoms with Crippen LogP contribution in [-0.4, -0.2) is 36.2 Å². The molecule has 140 valence electrons. The molecule has 0 unspecified atom stereocenters. The minimum Gasteiger partial charge on any atom is -0.352 e. The van der Waals surface area contributed by atoms with Crippen LogP contribution in [0.2, 0.25) is 0 Å². The molecule has 0 aromatic heterocycles. The number of urea groups is 1. The maximum absolute atomic E-state index is 12.7. The molecule has 0 aliphatic carbocycles. The van der Waals surface area contributed by atoms with Crippen LogP contribution in [0.15, 0.2) is 0 Å². The predicted molar refractivity (Wildman–Crippen MR) is 96.7 cm³/mol. The molecular formula is C18H35N3O3. The summed E-state index contributed by atoms with van der Waals surface area (Å²) in [6.07, 6.45) is 1.45. The Morgan fingerprint density at radius 1 is 1.00 bits per heavy atom. The Morgan fingerprint density at radius 3 is 2.00 bits per heavy atom. The number of carbonyl (C=O) groups is 3. The van der Waals surface area contributed by atoms with Gasteiger partial charge in [-0.15, -0.1) is 0 Å². The van der Waals surface area contributed by atoms with Crippen molar-refractivity contribution in [1.82, 2.24) is 10.6 Å². The van der Waals surface area contributed by atoms with Gasteiger partial charge in [0.25, 0.3) is 0 Å². The van der Waals surface area contributed by atoms with E-state index in [9.17, 15) is 14.4 Å². The van der Waals surface area contributed by atoms with Crippen molar-refractivity contribution in [2.45, 2.75) is 72.9 Å². The second kappa shape index (κ2) is 11.2. The van der Waals surface area contributed by atoms with E-state index in [2.05, 4.69) is 10.6 Å². The summed E-state index contributed by atoms with van der Waals surface area (Å²) < 4.78 is 0. The lowest BCUT2D eigenvalue weighted by atomic mass is 9.84. The molecule has 6 nitrogen and oxygen atoms in total. The van der Waals surface area contributed by atoms with Gasteiger partial charge in [0.05, 0.1) is 6.04 Å². The van der Waals surface area contributed by atoms with Crippen LogP contribution in [0.5, 0.6) is 0 Å². The Morgan fingerprint density at radius 2 is 1.58 bits per heavy atom. The SMILES string of the molecule is CC(C)N[C@H](C(=O)C[C@@H](CCCNC(N)=O)C(=O)C(C)C)C(C)C. The molecule has 0 aromatic rings. The van der Waals surface area contributed by atoms with Crippen molar-refractivity contribution in [2.24, 2.45) is 23.5 Å². The number of rotatable bonds is 12. The maximum atomic E-state index is 12.7. The fraction of sp³-hybridized carbons (Fsp3) is 0.833. The van der Waals surface area contributed by atoms with E-state index in [4.69, 9.17) is 5.73 Å². The topological polar surface area (TPSA) is 101 Å². The molecule has 2 atom stereocenters. The van der Waals surface area contributed by atoms with Gasteiger partial charge in [0.1, 0.15) is 5.78 Å². The monoisotopic (exact) mass is 341 g/mol. The Hall–Kier alpha value is -1.43. The van der Waals surface area contributed by atoms with E-state index in [1.165, 1.54) is 0 Å². The predicted octanol–water partition coefficient (Wildman–Crippen LogP) is 2.26. The fourth-order valence-electron chi connectivity index (χ4n) is 2.76. The molecule has 0 spiro atoms. The lowest BCUT2D eigenvalue weighted by molar-refractivity contribution is -0.131. The van der Waals surface area contributed by atoms with Crippen LogP contribution in [0.25, 0.3) is 0 Å². The van der Waals surface area contributed by atoms with Crippen molar-refractivity contribution in [3.05, 3.63) is 0 Å². The quantitative estimate of drug-likeness (QED) is 0.474. The Balaban J connectivity index is 4.85. The first kappa shape index (κ1) is 22.6. The summed E-state index contributed by atoms with van der Waals surface area (Å²) in [6.45, 7) is 12.2. The molecule has 0 aromatic carbocycles. The standard InChI is InChI=1S/C18H35N3O3/c1-11(2)16(21-13(5)6)15(22)10-14(17(23)12(3)4)8-7-9-20-18(19)24/h11-14,16,21H,7-10H2,1-6H3,(H3,19,20,24)/t14-,16+/m1/s1. The second-order valence-corrected chi connectivity index (χ2v) is 7.40. The van der Waals surface area contributed by atoms with Crippen molar-refractivity contribution in [3.8, 4) is 0 Å². The average molecular weight is 341 g/mol. The first-order chi connectivity index (χ1) is 11.1. The van der Waals surface area contributed by atoms with Gasteiger partial charge in [0.2, 0.25) is 0 Å². The summed E-state index contributed by atoms with van der Waals surface area (Å²) in [6, 6.07) is -0.601. The van der Waals surface area contributed by atoms with Gasteiger partial charge in [0, 0.05) is 30.8 Å². The van der Waals surface area contributed by atoms with Crippen LogP contribution >= 0.6 is 0 Å². The highest BCUT2D eigenvalue weighted by Gasteiger charge is 2.29. The van der Waals surface area contributed by atoms with Crippen LogP contribution < -0.4 is 16.4 Å². The molecule has 0 bridgehead atoms. The third-order valence-electron chi connectivity index (χ3n) is 3.97. The zero-order valence-corrected chi connectivity index (χ0v) is 16.0. The van der Waals surface area contributed by atoms with Gasteiger partial charge in [-0.05, 0) is 18.8 Å². The fourth-order valence-corrected chi connectivity index (χ4v) is 2.76. The number of ketones is 2. The van der Waals surface area contributed by atoms with Crippen LogP contribution in [0.3, 0.4) is 0 Å². The first-order valence-corrected chi connectivity index (χ1v) is 8.92. The molecule has 4 N–H and O–H groups in total. The summed E-state index contributed by atoms with van der Waals surface area (Å²) >= 11 is 0. The molecule has 0 fully saturated rings. The van der Waals surface area contributed by atoms with Crippen LogP contribution in [0, 0.1) is 17.8 Å². The van der Waals surface area contributed by atoms with E-state index in [-0.39, 0.29) is 47.8 Å². The summed E-state index contributed by atoms with van der Waals surface area (Å²) in [5.41, 5.74) is 5.04. The molecule has 0 aliphatic rings. The zero-order chi connectivity index (χ0) is 18.9. The largest absolute Gasteiger partial charge is 0.352 e. The van der Waals surface area contributed by atoms with Gasteiger partial charge in [0.15, 0.2) is 5.78 Å². The first-order valence-electron chi connectivity index (χ1n) is 8.92. The van der Waals surface area contributed by atoms with Gasteiger partial charge < -0.3 is 16.4 Å². The average Bonchev–Trinajstić information content (AvgIpc) is 2.45. The van der Waals surface area contributed by atoms with Crippen LogP contribution in [0.1, 0.15) is 60.8 Å². The number of hydrogen-bond acceptors (Lipinski definition) is 4. The van der Waals surface area contributed by atoms with E-state index in [0.717, 1.165) is 0 Å². The van der Waals surface area contributed by atoms with Crippen molar-refractivity contribution >= 4 is 17.6 Å². The highest BCUT2D eigenvalue weighted by Crippen LogP contribution is 2.20. The Bertz CT molecular complexity index is 420. The van der Waals surface area contributed by atoms with Gasteiger partial charge in [-0.3, -0.25) is 9.59 Å². The maximum Gasteiger partial charge on any atom is 0.312 e. The highest BCUT2D eigenvalue weighted by atomic mass is 16.2. The molecule has 0 heterocycles. The van der Waals surface area contributed by atoms with E-state index >= 15 is 0 Å². The van der Waals surface area contributed by atoms with Gasteiger partial charge in [-0.25, -0.2) is 4.79 Å².